The van der Waals surface area contributed by atoms with Crippen molar-refractivity contribution in [3.8, 4) is 12.8 Å². The van der Waals surface area contributed by atoms with E-state index in [9.17, 15) is 0 Å². The van der Waals surface area contributed by atoms with E-state index in [0.717, 1.165) is 18.2 Å². The molecule has 1 aliphatic rings. The maximum absolute atomic E-state index is 4.45. The van der Waals surface area contributed by atoms with Crippen molar-refractivity contribution in [3.05, 3.63) is 47.8 Å². The normalized spacial score (nSPS) is 19.8. The predicted octanol–water partition coefficient (Wildman–Crippen LogP) is 4.95. The topological polar surface area (TPSA) is 16.1 Å². The SMILES string of the molecule is C#C.C/C=C(\C/C=C(\C)CC1CCCCN1C)c1ccccn1. The zero-order valence-electron chi connectivity index (χ0n) is 14.8. The van der Waals surface area contributed by atoms with Gasteiger partial charge in [0.05, 0.1) is 5.69 Å². The Morgan fingerprint density at radius 2 is 2.13 bits per heavy atom. The first-order valence-electron chi connectivity index (χ1n) is 8.46. The second kappa shape index (κ2) is 10.8. The quantitative estimate of drug-likeness (QED) is 0.565. The highest BCUT2D eigenvalue weighted by Crippen LogP contribution is 2.23. The van der Waals surface area contributed by atoms with Crippen molar-refractivity contribution in [3.63, 3.8) is 0 Å². The molecule has 0 bridgehead atoms. The van der Waals surface area contributed by atoms with E-state index in [-0.39, 0.29) is 0 Å². The summed E-state index contributed by atoms with van der Waals surface area (Å²) in [6, 6.07) is 6.85. The minimum Gasteiger partial charge on any atom is -0.303 e. The molecule has 0 radical (unpaired) electrons. The predicted molar refractivity (Wildman–Crippen MR) is 101 cm³/mol. The van der Waals surface area contributed by atoms with Gasteiger partial charge in [-0.25, -0.2) is 0 Å². The Hall–Kier alpha value is -1.85. The van der Waals surface area contributed by atoms with Crippen LogP contribution in [-0.2, 0) is 0 Å². The summed E-state index contributed by atoms with van der Waals surface area (Å²) in [5.41, 5.74) is 3.91. The highest BCUT2D eigenvalue weighted by atomic mass is 15.1. The smallest absolute Gasteiger partial charge is 0.0661 e. The Bertz CT molecular complexity index is 525. The lowest BCUT2D eigenvalue weighted by Gasteiger charge is -2.32. The Morgan fingerprint density at radius 1 is 1.35 bits per heavy atom. The number of piperidine rings is 1. The van der Waals surface area contributed by atoms with Crippen LogP contribution < -0.4 is 0 Å². The summed E-state index contributed by atoms with van der Waals surface area (Å²) in [7, 11) is 2.27. The van der Waals surface area contributed by atoms with Crippen molar-refractivity contribution in [2.75, 3.05) is 13.6 Å². The van der Waals surface area contributed by atoms with E-state index in [1.165, 1.54) is 43.4 Å². The van der Waals surface area contributed by atoms with Gasteiger partial charge in [0, 0.05) is 12.2 Å². The molecule has 0 N–H and O–H groups in total. The van der Waals surface area contributed by atoms with Crippen molar-refractivity contribution in [1.82, 2.24) is 9.88 Å². The molecule has 0 aromatic carbocycles. The number of hydrogen-bond donors (Lipinski definition) is 0. The first kappa shape index (κ1) is 19.2. The summed E-state index contributed by atoms with van der Waals surface area (Å²) in [5.74, 6) is 0. The lowest BCUT2D eigenvalue weighted by molar-refractivity contribution is 0.184. The van der Waals surface area contributed by atoms with Gasteiger partial charge in [0.15, 0.2) is 0 Å². The standard InChI is InChI=1S/C19H28N2.C2H2/c1-4-17(19-10-5-7-13-20-19)12-11-16(2)15-18-9-6-8-14-21(18)3;1-2/h4-5,7,10-11,13,18H,6,8-9,12,14-15H2,1-3H3;1-2H/b16-11+,17-4+;. The largest absolute Gasteiger partial charge is 0.303 e. The fourth-order valence-electron chi connectivity index (χ4n) is 3.06. The van der Waals surface area contributed by atoms with E-state index in [1.807, 2.05) is 12.3 Å². The number of hydrogen-bond acceptors (Lipinski definition) is 2. The number of nitrogens with zero attached hydrogens (tertiary/aromatic N) is 2. The third kappa shape index (κ3) is 6.42. The first-order valence-corrected chi connectivity index (χ1v) is 8.46. The third-order valence-corrected chi connectivity index (χ3v) is 4.49. The highest BCUT2D eigenvalue weighted by molar-refractivity contribution is 5.63. The van der Waals surface area contributed by atoms with Crippen molar-refractivity contribution in [2.24, 2.45) is 0 Å². The van der Waals surface area contributed by atoms with Crippen LogP contribution in [0.25, 0.3) is 5.57 Å². The van der Waals surface area contributed by atoms with Crippen LogP contribution in [0.3, 0.4) is 0 Å². The van der Waals surface area contributed by atoms with Crippen LogP contribution in [0.5, 0.6) is 0 Å². The van der Waals surface area contributed by atoms with E-state index >= 15 is 0 Å². The number of allylic oxidation sites excluding steroid dienone is 3. The molecule has 2 rings (SSSR count). The number of terminal acetylenes is 1. The van der Waals surface area contributed by atoms with Crippen molar-refractivity contribution in [1.29, 1.82) is 0 Å². The maximum atomic E-state index is 4.45. The zero-order chi connectivity index (χ0) is 17.1. The van der Waals surface area contributed by atoms with Crippen LogP contribution in [-0.4, -0.2) is 29.5 Å². The summed E-state index contributed by atoms with van der Waals surface area (Å²) < 4.78 is 0. The van der Waals surface area contributed by atoms with Crippen molar-refractivity contribution >= 4 is 5.57 Å². The monoisotopic (exact) mass is 310 g/mol. The Kier molecular flexibility index (Phi) is 9.02. The molecule has 1 fully saturated rings. The van der Waals surface area contributed by atoms with Gasteiger partial charge < -0.3 is 4.90 Å². The number of rotatable bonds is 5. The number of aromatic nitrogens is 1. The molecule has 0 spiro atoms. The second-order valence-corrected chi connectivity index (χ2v) is 6.12. The molecule has 124 valence electrons. The Morgan fingerprint density at radius 3 is 2.74 bits per heavy atom. The summed E-state index contributed by atoms with van der Waals surface area (Å²) in [6.07, 6.45) is 20.7. The lowest BCUT2D eigenvalue weighted by Crippen LogP contribution is -2.36. The van der Waals surface area contributed by atoms with Crippen LogP contribution >= 0.6 is 0 Å². The van der Waals surface area contributed by atoms with Gasteiger partial charge in [0.25, 0.3) is 0 Å². The molecule has 0 saturated carbocycles. The van der Waals surface area contributed by atoms with Crippen LogP contribution in [0, 0.1) is 12.8 Å². The minimum atomic E-state index is 0.735. The second-order valence-electron chi connectivity index (χ2n) is 6.12. The van der Waals surface area contributed by atoms with Crippen LogP contribution in [0.15, 0.2) is 42.1 Å². The van der Waals surface area contributed by atoms with Gasteiger partial charge in [-0.2, -0.15) is 0 Å². The van der Waals surface area contributed by atoms with Gasteiger partial charge in [-0.15, -0.1) is 12.8 Å². The van der Waals surface area contributed by atoms with E-state index in [0.29, 0.717) is 0 Å². The van der Waals surface area contributed by atoms with E-state index in [2.05, 4.69) is 67.9 Å². The van der Waals surface area contributed by atoms with Crippen molar-refractivity contribution in [2.45, 2.75) is 52.0 Å². The molecule has 1 atom stereocenters. The van der Waals surface area contributed by atoms with Crippen LogP contribution in [0.1, 0.15) is 51.6 Å². The van der Waals surface area contributed by atoms with Gasteiger partial charge in [-0.05, 0) is 70.8 Å². The molecule has 1 unspecified atom stereocenters. The summed E-state index contributed by atoms with van der Waals surface area (Å²) in [5, 5.41) is 0. The first-order chi connectivity index (χ1) is 11.2. The molecule has 1 aromatic heterocycles. The van der Waals surface area contributed by atoms with E-state index in [4.69, 9.17) is 0 Å². The van der Waals surface area contributed by atoms with Crippen LogP contribution in [0.2, 0.25) is 0 Å². The molecule has 0 aliphatic carbocycles. The molecule has 1 aromatic rings. The van der Waals surface area contributed by atoms with Gasteiger partial charge >= 0.3 is 0 Å². The number of likely N-dealkylation sites (tertiary alicyclic amines) is 1. The molecular formula is C21H30N2. The minimum absolute atomic E-state index is 0.735. The lowest BCUT2D eigenvalue weighted by atomic mass is 9.95. The van der Waals surface area contributed by atoms with E-state index < -0.39 is 0 Å². The molecule has 2 heteroatoms. The molecule has 23 heavy (non-hydrogen) atoms. The van der Waals surface area contributed by atoms with Gasteiger partial charge in [-0.3, -0.25) is 4.98 Å². The fraction of sp³-hybridized carbons (Fsp3) is 0.476. The van der Waals surface area contributed by atoms with E-state index in [1.54, 1.807) is 0 Å². The third-order valence-electron chi connectivity index (χ3n) is 4.49. The average Bonchev–Trinajstić information content (AvgIpc) is 2.60. The Balaban J connectivity index is 0.00000127. The molecule has 1 aliphatic heterocycles. The molecular weight excluding hydrogens is 280 g/mol. The summed E-state index contributed by atoms with van der Waals surface area (Å²) >= 11 is 0. The van der Waals surface area contributed by atoms with Gasteiger partial charge in [0.1, 0.15) is 0 Å². The fourth-order valence-corrected chi connectivity index (χ4v) is 3.06. The maximum Gasteiger partial charge on any atom is 0.0661 e. The Labute approximate surface area is 142 Å². The zero-order valence-corrected chi connectivity index (χ0v) is 14.8. The molecule has 2 nitrogen and oxygen atoms in total. The van der Waals surface area contributed by atoms with Crippen LogP contribution in [0.4, 0.5) is 0 Å². The van der Waals surface area contributed by atoms with Gasteiger partial charge in [-0.1, -0.05) is 30.2 Å². The van der Waals surface area contributed by atoms with Gasteiger partial charge in [0.2, 0.25) is 0 Å². The average molecular weight is 310 g/mol. The number of pyridine rings is 1. The molecule has 0 amide bonds. The summed E-state index contributed by atoms with van der Waals surface area (Å²) in [4.78, 5) is 6.97. The molecule has 1 saturated heterocycles. The highest BCUT2D eigenvalue weighted by Gasteiger charge is 2.18. The van der Waals surface area contributed by atoms with Crippen molar-refractivity contribution < 1.29 is 0 Å². The molecule has 2 heterocycles. The summed E-state index contributed by atoms with van der Waals surface area (Å²) in [6.45, 7) is 5.63.